The predicted octanol–water partition coefficient (Wildman–Crippen LogP) is 4.99. The van der Waals surface area contributed by atoms with E-state index in [-0.39, 0.29) is 5.91 Å². The van der Waals surface area contributed by atoms with Crippen molar-refractivity contribution in [2.24, 2.45) is 0 Å². The second-order valence-electron chi connectivity index (χ2n) is 6.89. The molecular weight excluding hydrogens is 408 g/mol. The molecule has 0 aliphatic carbocycles. The van der Waals surface area contributed by atoms with Crippen LogP contribution in [0.2, 0.25) is 5.02 Å². The number of fused-ring (bicyclic) bond motifs is 1. The molecule has 5 nitrogen and oxygen atoms in total. The number of carbonyl (C=O) groups is 1. The van der Waals surface area contributed by atoms with Crippen LogP contribution in [0, 0.1) is 6.92 Å². The average molecular weight is 429 g/mol. The molecule has 1 amide bonds. The largest absolute Gasteiger partial charge is 0.493 e. The summed E-state index contributed by atoms with van der Waals surface area (Å²) in [6, 6.07) is 11.5. The third-order valence-corrected chi connectivity index (χ3v) is 6.53. The number of halogens is 1. The van der Waals surface area contributed by atoms with Gasteiger partial charge < -0.3 is 14.4 Å². The first kappa shape index (κ1) is 19.7. The molecule has 1 aliphatic heterocycles. The van der Waals surface area contributed by atoms with Crippen molar-refractivity contribution in [3.63, 3.8) is 0 Å². The van der Waals surface area contributed by atoms with Crippen LogP contribution in [0.5, 0.6) is 11.5 Å². The van der Waals surface area contributed by atoms with Gasteiger partial charge in [-0.15, -0.1) is 11.3 Å². The van der Waals surface area contributed by atoms with Gasteiger partial charge in [-0.2, -0.15) is 0 Å². The van der Waals surface area contributed by atoms with Crippen molar-refractivity contribution in [2.45, 2.75) is 19.9 Å². The van der Waals surface area contributed by atoms with Gasteiger partial charge in [0, 0.05) is 23.7 Å². The highest BCUT2D eigenvalue weighted by Crippen LogP contribution is 2.35. The molecule has 4 rings (SSSR count). The zero-order valence-corrected chi connectivity index (χ0v) is 18.1. The van der Waals surface area contributed by atoms with Crippen LogP contribution < -0.4 is 9.47 Å². The van der Waals surface area contributed by atoms with Gasteiger partial charge in [0.2, 0.25) is 0 Å². The molecule has 1 aromatic heterocycles. The molecule has 1 aliphatic rings. The Morgan fingerprint density at radius 2 is 1.76 bits per heavy atom. The lowest BCUT2D eigenvalue weighted by Crippen LogP contribution is -2.35. The normalized spacial score (nSPS) is 13.2. The number of benzene rings is 2. The van der Waals surface area contributed by atoms with Crippen molar-refractivity contribution in [3.8, 4) is 22.1 Å². The molecule has 0 bridgehead atoms. The van der Waals surface area contributed by atoms with Crippen molar-refractivity contribution in [1.29, 1.82) is 0 Å². The van der Waals surface area contributed by atoms with Crippen LogP contribution in [0.4, 0.5) is 0 Å². The molecule has 0 spiro atoms. The van der Waals surface area contributed by atoms with Crippen LogP contribution in [0.15, 0.2) is 36.4 Å². The smallest absolute Gasteiger partial charge is 0.266 e. The Hall–Kier alpha value is -2.57. The Balaban J connectivity index is 1.59. The van der Waals surface area contributed by atoms with Crippen molar-refractivity contribution in [1.82, 2.24) is 9.88 Å². The van der Waals surface area contributed by atoms with E-state index >= 15 is 0 Å². The number of rotatable bonds is 4. The fraction of sp³-hybridized carbons (Fsp3) is 0.273. The molecule has 7 heteroatoms. The first-order valence-electron chi connectivity index (χ1n) is 9.26. The van der Waals surface area contributed by atoms with E-state index in [4.69, 9.17) is 21.1 Å². The van der Waals surface area contributed by atoms with Gasteiger partial charge in [0.15, 0.2) is 11.5 Å². The van der Waals surface area contributed by atoms with Gasteiger partial charge in [-0.3, -0.25) is 4.79 Å². The number of aromatic nitrogens is 1. The third-order valence-electron chi connectivity index (χ3n) is 5.09. The third kappa shape index (κ3) is 3.82. The Morgan fingerprint density at radius 1 is 1.10 bits per heavy atom. The summed E-state index contributed by atoms with van der Waals surface area (Å²) in [5, 5.41) is 1.50. The standard InChI is InChI=1S/C22H21ClN2O3S/c1-13-20(29-21(24-13)14-4-6-17(23)7-5-14)22(26)25-9-8-15-10-18(27-2)19(28-3)11-16(15)12-25/h4-7,10-11H,8-9,12H2,1-3H3. The molecule has 2 heterocycles. The summed E-state index contributed by atoms with van der Waals surface area (Å²) in [5.74, 6) is 1.41. The number of methoxy groups -OCH3 is 2. The molecule has 0 saturated heterocycles. The number of nitrogens with zero attached hydrogens (tertiary/aromatic N) is 2. The number of aryl methyl sites for hydroxylation is 1. The summed E-state index contributed by atoms with van der Waals surface area (Å²) in [4.78, 5) is 20.4. The van der Waals surface area contributed by atoms with Gasteiger partial charge in [-0.25, -0.2) is 4.98 Å². The average Bonchev–Trinajstić information content (AvgIpc) is 3.13. The first-order valence-corrected chi connectivity index (χ1v) is 10.5. The summed E-state index contributed by atoms with van der Waals surface area (Å²) in [6.07, 6.45) is 0.781. The lowest BCUT2D eigenvalue weighted by atomic mass is 9.98. The second kappa shape index (κ2) is 8.05. The lowest BCUT2D eigenvalue weighted by molar-refractivity contribution is 0.0738. The van der Waals surface area contributed by atoms with Crippen molar-refractivity contribution in [2.75, 3.05) is 20.8 Å². The minimum atomic E-state index is 0.0145. The quantitative estimate of drug-likeness (QED) is 0.587. The van der Waals surface area contributed by atoms with Gasteiger partial charge in [0.25, 0.3) is 5.91 Å². The summed E-state index contributed by atoms with van der Waals surface area (Å²) in [6.45, 7) is 3.09. The molecule has 0 atom stereocenters. The maximum Gasteiger partial charge on any atom is 0.266 e. The number of hydrogen-bond acceptors (Lipinski definition) is 5. The molecule has 0 unspecified atom stereocenters. The number of thiazole rings is 1. The number of ether oxygens (including phenoxy) is 2. The van der Waals surface area contributed by atoms with E-state index < -0.39 is 0 Å². The van der Waals surface area contributed by atoms with E-state index in [1.54, 1.807) is 14.2 Å². The highest BCUT2D eigenvalue weighted by molar-refractivity contribution is 7.17. The minimum absolute atomic E-state index is 0.0145. The first-order chi connectivity index (χ1) is 14.0. The maximum atomic E-state index is 13.2. The van der Waals surface area contributed by atoms with E-state index in [1.807, 2.05) is 48.2 Å². The van der Waals surface area contributed by atoms with E-state index in [0.29, 0.717) is 28.7 Å². The second-order valence-corrected chi connectivity index (χ2v) is 8.33. The highest BCUT2D eigenvalue weighted by Gasteiger charge is 2.26. The zero-order valence-electron chi connectivity index (χ0n) is 16.5. The van der Waals surface area contributed by atoms with Crippen LogP contribution in [0.1, 0.15) is 26.5 Å². The Bertz CT molecular complexity index is 1060. The number of amides is 1. The Labute approximate surface area is 178 Å². The summed E-state index contributed by atoms with van der Waals surface area (Å²) < 4.78 is 10.8. The van der Waals surface area contributed by atoms with Crippen LogP contribution in [0.3, 0.4) is 0 Å². The fourth-order valence-corrected chi connectivity index (χ4v) is 4.68. The SMILES string of the molecule is COc1cc2c(cc1OC)CN(C(=O)c1sc(-c3ccc(Cl)cc3)nc1C)CC2. The summed E-state index contributed by atoms with van der Waals surface area (Å²) >= 11 is 7.40. The molecular formula is C22H21ClN2O3S. The maximum absolute atomic E-state index is 13.2. The zero-order chi connectivity index (χ0) is 20.5. The van der Waals surface area contributed by atoms with Gasteiger partial charge in [0.05, 0.1) is 19.9 Å². The highest BCUT2D eigenvalue weighted by atomic mass is 35.5. The number of hydrogen-bond donors (Lipinski definition) is 0. The van der Waals surface area contributed by atoms with E-state index in [0.717, 1.165) is 34.0 Å². The van der Waals surface area contributed by atoms with Crippen LogP contribution in [-0.4, -0.2) is 36.6 Å². The number of carbonyl (C=O) groups excluding carboxylic acids is 1. The molecule has 29 heavy (non-hydrogen) atoms. The van der Waals surface area contributed by atoms with Crippen molar-refractivity contribution >= 4 is 28.8 Å². The molecule has 150 valence electrons. The Morgan fingerprint density at radius 3 is 2.41 bits per heavy atom. The van der Waals surface area contributed by atoms with Gasteiger partial charge in [0.1, 0.15) is 9.88 Å². The van der Waals surface area contributed by atoms with Gasteiger partial charge >= 0.3 is 0 Å². The molecule has 0 fully saturated rings. The summed E-state index contributed by atoms with van der Waals surface area (Å²) in [5.41, 5.74) is 3.99. The van der Waals surface area contributed by atoms with Gasteiger partial charge in [-0.1, -0.05) is 23.7 Å². The summed E-state index contributed by atoms with van der Waals surface area (Å²) in [7, 11) is 3.25. The molecule has 3 aromatic rings. The van der Waals surface area contributed by atoms with Crippen LogP contribution in [-0.2, 0) is 13.0 Å². The van der Waals surface area contributed by atoms with Crippen LogP contribution in [0.25, 0.3) is 10.6 Å². The fourth-order valence-electron chi connectivity index (χ4n) is 3.51. The molecule has 2 aromatic carbocycles. The van der Waals surface area contributed by atoms with Crippen molar-refractivity contribution in [3.05, 3.63) is 63.1 Å². The van der Waals surface area contributed by atoms with E-state index in [9.17, 15) is 4.79 Å². The monoisotopic (exact) mass is 428 g/mol. The molecule has 0 saturated carbocycles. The molecule has 0 radical (unpaired) electrons. The van der Waals surface area contributed by atoms with Crippen molar-refractivity contribution < 1.29 is 14.3 Å². The topological polar surface area (TPSA) is 51.7 Å². The van der Waals surface area contributed by atoms with E-state index in [1.165, 1.54) is 16.9 Å². The predicted molar refractivity (Wildman–Crippen MR) is 115 cm³/mol. The van der Waals surface area contributed by atoms with Gasteiger partial charge in [-0.05, 0) is 48.7 Å². The van der Waals surface area contributed by atoms with Crippen LogP contribution >= 0.6 is 22.9 Å². The molecule has 0 N–H and O–H groups in total. The minimum Gasteiger partial charge on any atom is -0.493 e. The lowest BCUT2D eigenvalue weighted by Gasteiger charge is -2.29. The van der Waals surface area contributed by atoms with E-state index in [2.05, 4.69) is 4.98 Å². The Kier molecular flexibility index (Phi) is 5.48.